The SMILES string of the molecule is N#CC(=Cc1cncnc1)c1c[nH]c2ccccc12. The number of H-pyrrole nitrogens is 1. The molecule has 1 aromatic carbocycles. The number of benzene rings is 1. The van der Waals surface area contributed by atoms with Crippen LogP contribution in [-0.2, 0) is 0 Å². The van der Waals surface area contributed by atoms with Crippen molar-refractivity contribution in [3.8, 4) is 6.07 Å². The summed E-state index contributed by atoms with van der Waals surface area (Å²) in [6.07, 6.45) is 8.46. The largest absolute Gasteiger partial charge is 0.361 e. The third-order valence-electron chi connectivity index (χ3n) is 2.89. The second kappa shape index (κ2) is 4.75. The van der Waals surface area contributed by atoms with Gasteiger partial charge in [0.15, 0.2) is 0 Å². The average molecular weight is 246 g/mol. The van der Waals surface area contributed by atoms with Gasteiger partial charge >= 0.3 is 0 Å². The molecule has 3 aromatic rings. The van der Waals surface area contributed by atoms with Crippen molar-refractivity contribution >= 4 is 22.6 Å². The molecule has 0 aliphatic heterocycles. The summed E-state index contributed by atoms with van der Waals surface area (Å²) in [6.45, 7) is 0. The van der Waals surface area contributed by atoms with Gasteiger partial charge in [-0.1, -0.05) is 18.2 Å². The molecule has 0 unspecified atom stereocenters. The highest BCUT2D eigenvalue weighted by molar-refractivity contribution is 6.00. The summed E-state index contributed by atoms with van der Waals surface area (Å²) in [6, 6.07) is 10.1. The fourth-order valence-electron chi connectivity index (χ4n) is 2.02. The lowest BCUT2D eigenvalue weighted by Gasteiger charge is -1.97. The van der Waals surface area contributed by atoms with E-state index < -0.39 is 0 Å². The minimum atomic E-state index is 0.590. The number of nitriles is 1. The third-order valence-corrected chi connectivity index (χ3v) is 2.89. The van der Waals surface area contributed by atoms with Crippen LogP contribution in [-0.4, -0.2) is 15.0 Å². The van der Waals surface area contributed by atoms with E-state index in [9.17, 15) is 5.26 Å². The fraction of sp³-hybridized carbons (Fsp3) is 0. The predicted molar refractivity (Wildman–Crippen MR) is 73.8 cm³/mol. The molecule has 1 N–H and O–H groups in total. The van der Waals surface area contributed by atoms with Gasteiger partial charge in [-0.2, -0.15) is 5.26 Å². The standard InChI is InChI=1S/C15H10N4/c16-6-12(5-11-7-17-10-18-8-11)14-9-19-15-4-2-1-3-13(14)15/h1-5,7-10,19H. The first kappa shape index (κ1) is 11.2. The lowest BCUT2D eigenvalue weighted by Crippen LogP contribution is -1.82. The Kier molecular flexibility index (Phi) is 2.79. The molecule has 3 rings (SSSR count). The Labute approximate surface area is 110 Å². The van der Waals surface area contributed by atoms with Gasteiger partial charge in [0.2, 0.25) is 0 Å². The van der Waals surface area contributed by atoms with Crippen molar-refractivity contribution < 1.29 is 0 Å². The van der Waals surface area contributed by atoms with Crippen LogP contribution in [0.15, 0.2) is 49.2 Å². The first-order valence-electron chi connectivity index (χ1n) is 5.82. The van der Waals surface area contributed by atoms with E-state index in [4.69, 9.17) is 0 Å². The summed E-state index contributed by atoms with van der Waals surface area (Å²) >= 11 is 0. The number of aromatic amines is 1. The first-order valence-corrected chi connectivity index (χ1v) is 5.82. The zero-order valence-corrected chi connectivity index (χ0v) is 10.0. The lowest BCUT2D eigenvalue weighted by molar-refractivity contribution is 1.16. The van der Waals surface area contributed by atoms with Crippen molar-refractivity contribution in [2.45, 2.75) is 0 Å². The monoisotopic (exact) mass is 246 g/mol. The van der Waals surface area contributed by atoms with Gasteiger partial charge in [-0.05, 0) is 12.1 Å². The molecule has 4 heteroatoms. The number of nitrogens with zero attached hydrogens (tertiary/aromatic N) is 3. The highest BCUT2D eigenvalue weighted by Crippen LogP contribution is 2.25. The van der Waals surface area contributed by atoms with E-state index in [-0.39, 0.29) is 0 Å². The number of fused-ring (bicyclic) bond motifs is 1. The summed E-state index contributed by atoms with van der Waals surface area (Å²) in [5.41, 5.74) is 3.31. The summed E-state index contributed by atoms with van der Waals surface area (Å²) in [5, 5.41) is 10.4. The van der Waals surface area contributed by atoms with Crippen LogP contribution in [0.1, 0.15) is 11.1 Å². The van der Waals surface area contributed by atoms with Gasteiger partial charge in [0.1, 0.15) is 6.33 Å². The summed E-state index contributed by atoms with van der Waals surface area (Å²) < 4.78 is 0. The van der Waals surface area contributed by atoms with Crippen LogP contribution in [0.25, 0.3) is 22.6 Å². The van der Waals surface area contributed by atoms with Crippen LogP contribution >= 0.6 is 0 Å². The fourth-order valence-corrected chi connectivity index (χ4v) is 2.02. The smallest absolute Gasteiger partial charge is 0.115 e. The minimum absolute atomic E-state index is 0.590. The Bertz CT molecular complexity index is 779. The van der Waals surface area contributed by atoms with E-state index in [0.29, 0.717) is 5.57 Å². The summed E-state index contributed by atoms with van der Waals surface area (Å²) in [7, 11) is 0. The molecule has 4 nitrogen and oxygen atoms in total. The zero-order valence-electron chi connectivity index (χ0n) is 10.0. The molecule has 0 aliphatic carbocycles. The maximum atomic E-state index is 9.35. The van der Waals surface area contributed by atoms with Crippen molar-refractivity contribution in [1.29, 1.82) is 5.26 Å². The van der Waals surface area contributed by atoms with Crippen LogP contribution < -0.4 is 0 Å². The predicted octanol–water partition coefficient (Wildman–Crippen LogP) is 3.02. The van der Waals surface area contributed by atoms with Crippen LogP contribution in [0.4, 0.5) is 0 Å². The Morgan fingerprint density at radius 3 is 2.79 bits per heavy atom. The second-order valence-corrected chi connectivity index (χ2v) is 4.09. The Hall–Kier alpha value is -2.93. The Morgan fingerprint density at radius 2 is 2.00 bits per heavy atom. The third kappa shape index (κ3) is 2.09. The molecule has 90 valence electrons. The van der Waals surface area contributed by atoms with Crippen LogP contribution in [0, 0.1) is 11.3 Å². The van der Waals surface area contributed by atoms with Crippen molar-refractivity contribution in [1.82, 2.24) is 15.0 Å². The van der Waals surface area contributed by atoms with Crippen molar-refractivity contribution in [2.75, 3.05) is 0 Å². The number of hydrogen-bond donors (Lipinski definition) is 1. The van der Waals surface area contributed by atoms with Crippen LogP contribution in [0.2, 0.25) is 0 Å². The highest BCUT2D eigenvalue weighted by atomic mass is 14.8. The van der Waals surface area contributed by atoms with Crippen LogP contribution in [0.5, 0.6) is 0 Å². The number of nitrogens with one attached hydrogen (secondary N) is 1. The lowest BCUT2D eigenvalue weighted by atomic mass is 10.0. The van der Waals surface area contributed by atoms with Gasteiger partial charge < -0.3 is 4.98 Å². The molecule has 0 fully saturated rings. The maximum absolute atomic E-state index is 9.35. The van der Waals surface area contributed by atoms with Gasteiger partial charge in [0.05, 0.1) is 11.6 Å². The first-order chi connectivity index (χ1) is 9.38. The van der Waals surface area contributed by atoms with Gasteiger partial charge in [-0.25, -0.2) is 9.97 Å². The number of allylic oxidation sites excluding steroid dienone is 1. The van der Waals surface area contributed by atoms with E-state index in [1.807, 2.05) is 30.5 Å². The topological polar surface area (TPSA) is 65.4 Å². The molecule has 2 heterocycles. The molecule has 0 aliphatic rings. The van der Waals surface area contributed by atoms with E-state index in [0.717, 1.165) is 22.0 Å². The highest BCUT2D eigenvalue weighted by Gasteiger charge is 2.07. The molecule has 0 radical (unpaired) electrons. The molecule has 0 bridgehead atoms. The Balaban J connectivity index is 2.14. The van der Waals surface area contributed by atoms with Gasteiger partial charge in [-0.15, -0.1) is 0 Å². The van der Waals surface area contributed by atoms with Crippen molar-refractivity contribution in [3.63, 3.8) is 0 Å². The van der Waals surface area contributed by atoms with Crippen molar-refractivity contribution in [3.05, 3.63) is 60.3 Å². The molecule has 0 saturated heterocycles. The number of rotatable bonds is 2. The summed E-state index contributed by atoms with van der Waals surface area (Å²) in [5.74, 6) is 0. The molecule has 2 aromatic heterocycles. The number of hydrogen-bond acceptors (Lipinski definition) is 3. The minimum Gasteiger partial charge on any atom is -0.361 e. The summed E-state index contributed by atoms with van der Waals surface area (Å²) in [4.78, 5) is 11.1. The zero-order chi connectivity index (χ0) is 13.1. The van der Waals surface area contributed by atoms with E-state index >= 15 is 0 Å². The maximum Gasteiger partial charge on any atom is 0.115 e. The van der Waals surface area contributed by atoms with Gasteiger partial charge in [0, 0.05) is 40.6 Å². The molecule has 0 spiro atoms. The number of para-hydroxylation sites is 1. The quantitative estimate of drug-likeness (QED) is 0.707. The molecule has 0 saturated carbocycles. The van der Waals surface area contributed by atoms with E-state index in [1.54, 1.807) is 18.5 Å². The van der Waals surface area contributed by atoms with Gasteiger partial charge in [-0.3, -0.25) is 0 Å². The molecular weight excluding hydrogens is 236 g/mol. The second-order valence-electron chi connectivity index (χ2n) is 4.09. The normalized spacial score (nSPS) is 11.4. The molecule has 19 heavy (non-hydrogen) atoms. The van der Waals surface area contributed by atoms with E-state index in [2.05, 4.69) is 21.0 Å². The number of aromatic nitrogens is 3. The van der Waals surface area contributed by atoms with Crippen LogP contribution in [0.3, 0.4) is 0 Å². The average Bonchev–Trinajstić information content (AvgIpc) is 2.90. The Morgan fingerprint density at radius 1 is 1.21 bits per heavy atom. The van der Waals surface area contributed by atoms with E-state index in [1.165, 1.54) is 6.33 Å². The van der Waals surface area contributed by atoms with Gasteiger partial charge in [0.25, 0.3) is 0 Å². The molecule has 0 amide bonds. The molecular formula is C15H10N4. The molecule has 0 atom stereocenters. The van der Waals surface area contributed by atoms with Crippen molar-refractivity contribution in [2.24, 2.45) is 0 Å².